The first-order valence-corrected chi connectivity index (χ1v) is 15.8. The molecule has 5 heterocycles. The predicted molar refractivity (Wildman–Crippen MR) is 174 cm³/mol. The Labute approximate surface area is 278 Å². The molecule has 2 aromatic heterocycles. The van der Waals surface area contributed by atoms with E-state index in [0.717, 1.165) is 24.3 Å². The molecule has 0 spiro atoms. The van der Waals surface area contributed by atoms with Crippen LogP contribution in [0.3, 0.4) is 0 Å². The largest absolute Gasteiger partial charge is 0.478 e. The lowest BCUT2D eigenvalue weighted by molar-refractivity contribution is 0.0516. The van der Waals surface area contributed by atoms with Gasteiger partial charge in [0, 0.05) is 40.0 Å². The molecule has 5 aromatic rings. The number of pyridine rings is 1. The monoisotopic (exact) mass is 673 g/mol. The van der Waals surface area contributed by atoms with Crippen molar-refractivity contribution in [3.8, 4) is 28.0 Å². The molecule has 2 fully saturated rings. The molecule has 238 valence electrons. The number of aromatic carboxylic acids is 1. The van der Waals surface area contributed by atoms with Gasteiger partial charge in [-0.3, -0.25) is 9.78 Å². The van der Waals surface area contributed by atoms with Crippen molar-refractivity contribution < 1.29 is 33.0 Å². The van der Waals surface area contributed by atoms with E-state index in [0.29, 0.717) is 52.5 Å². The smallest absolute Gasteiger partial charge is 0.337 e. The molecule has 2 unspecified atom stereocenters. The van der Waals surface area contributed by atoms with Crippen LogP contribution in [0.25, 0.3) is 33.2 Å². The van der Waals surface area contributed by atoms with Gasteiger partial charge in [-0.25, -0.2) is 9.18 Å². The molecule has 2 saturated heterocycles. The summed E-state index contributed by atoms with van der Waals surface area (Å²) < 4.78 is 33.2. The highest BCUT2D eigenvalue weighted by Crippen LogP contribution is 2.43. The van der Waals surface area contributed by atoms with E-state index in [1.54, 1.807) is 61.1 Å². The van der Waals surface area contributed by atoms with E-state index in [4.69, 9.17) is 37.1 Å². The summed E-state index contributed by atoms with van der Waals surface area (Å²) in [5.74, 6) is -1.89. The van der Waals surface area contributed by atoms with Crippen molar-refractivity contribution in [3.05, 3.63) is 99.7 Å². The lowest BCUT2D eigenvalue weighted by Gasteiger charge is -2.37. The fourth-order valence-corrected chi connectivity index (χ4v) is 7.63. The molecule has 3 aliphatic heterocycles. The number of aromatic nitrogens is 1. The molecular formula is C35H26Cl2FN3O6. The van der Waals surface area contributed by atoms with Gasteiger partial charge in [0.1, 0.15) is 17.1 Å². The molecule has 12 heteroatoms. The molecule has 2 bridgehead atoms. The Balaban J connectivity index is 1.11. The van der Waals surface area contributed by atoms with E-state index < -0.39 is 17.7 Å². The van der Waals surface area contributed by atoms with Gasteiger partial charge in [0.15, 0.2) is 6.73 Å². The number of rotatable bonds is 5. The molecule has 3 aromatic carbocycles. The van der Waals surface area contributed by atoms with E-state index in [2.05, 4.69) is 9.88 Å². The van der Waals surface area contributed by atoms with E-state index in [1.165, 1.54) is 4.90 Å². The number of furan rings is 1. The second kappa shape index (κ2) is 11.6. The molecule has 1 N–H and O–H groups in total. The average molecular weight is 675 g/mol. The lowest BCUT2D eigenvalue weighted by Crippen LogP contribution is -2.46. The van der Waals surface area contributed by atoms with E-state index in [-0.39, 0.29) is 52.1 Å². The normalized spacial score (nSPS) is 18.7. The third-order valence-electron chi connectivity index (χ3n) is 9.16. The van der Waals surface area contributed by atoms with Gasteiger partial charge in [0.25, 0.3) is 5.91 Å². The van der Waals surface area contributed by atoms with Crippen LogP contribution >= 0.6 is 23.2 Å². The number of hydrogen-bond donors (Lipinski definition) is 1. The number of nitrogens with zero attached hydrogens (tertiary/aromatic N) is 3. The third-order valence-corrected chi connectivity index (χ3v) is 9.75. The van der Waals surface area contributed by atoms with Crippen molar-refractivity contribution in [2.75, 3.05) is 24.8 Å². The van der Waals surface area contributed by atoms with Crippen molar-refractivity contribution in [1.29, 1.82) is 0 Å². The van der Waals surface area contributed by atoms with Gasteiger partial charge in [-0.05, 0) is 48.7 Å². The van der Waals surface area contributed by atoms with Crippen LogP contribution in [0.1, 0.15) is 39.1 Å². The number of ether oxygens (including phenoxy) is 2. The van der Waals surface area contributed by atoms with Crippen molar-refractivity contribution in [1.82, 2.24) is 9.88 Å². The zero-order chi connectivity index (χ0) is 32.4. The minimum atomic E-state index is -1.20. The van der Waals surface area contributed by atoms with Gasteiger partial charge < -0.3 is 28.8 Å². The number of morpholine rings is 1. The van der Waals surface area contributed by atoms with E-state index in [1.807, 2.05) is 0 Å². The van der Waals surface area contributed by atoms with Gasteiger partial charge in [-0.2, -0.15) is 0 Å². The van der Waals surface area contributed by atoms with Crippen LogP contribution in [0.15, 0.2) is 71.6 Å². The summed E-state index contributed by atoms with van der Waals surface area (Å²) in [5, 5.41) is 11.1. The molecule has 47 heavy (non-hydrogen) atoms. The van der Waals surface area contributed by atoms with Crippen molar-refractivity contribution in [3.63, 3.8) is 0 Å². The van der Waals surface area contributed by atoms with Crippen molar-refractivity contribution in [2.24, 2.45) is 0 Å². The molecule has 9 nitrogen and oxygen atoms in total. The summed E-state index contributed by atoms with van der Waals surface area (Å²) in [7, 11) is 0. The molecule has 8 rings (SSSR count). The first kappa shape index (κ1) is 29.7. The maximum Gasteiger partial charge on any atom is 0.337 e. The Kier molecular flexibility index (Phi) is 7.31. The number of fused-ring (bicyclic) bond motifs is 4. The predicted octanol–water partition coefficient (Wildman–Crippen LogP) is 7.67. The fourth-order valence-electron chi connectivity index (χ4n) is 6.98. The number of para-hydroxylation sites is 1. The molecule has 0 saturated carbocycles. The van der Waals surface area contributed by atoms with Gasteiger partial charge in [0.2, 0.25) is 0 Å². The highest BCUT2D eigenvalue weighted by molar-refractivity contribution is 6.40. The van der Waals surface area contributed by atoms with Gasteiger partial charge in [-0.1, -0.05) is 41.4 Å². The maximum atomic E-state index is 15.7. The van der Waals surface area contributed by atoms with E-state index >= 15 is 4.39 Å². The Hall–Kier alpha value is -4.64. The van der Waals surface area contributed by atoms with Gasteiger partial charge in [0.05, 0.1) is 65.0 Å². The van der Waals surface area contributed by atoms with Crippen LogP contribution in [0.2, 0.25) is 10.0 Å². The first-order chi connectivity index (χ1) is 22.8. The zero-order valence-corrected chi connectivity index (χ0v) is 26.2. The number of carboxylic acid groups (broad SMARTS) is 1. The minimum absolute atomic E-state index is 0.0221. The Morgan fingerprint density at radius 1 is 0.957 bits per heavy atom. The van der Waals surface area contributed by atoms with Crippen LogP contribution in [0.4, 0.5) is 10.1 Å². The lowest BCUT2D eigenvalue weighted by atomic mass is 9.96. The second-order valence-corrected chi connectivity index (χ2v) is 12.7. The highest BCUT2D eigenvalue weighted by Gasteiger charge is 2.40. The number of carboxylic acids is 1. The summed E-state index contributed by atoms with van der Waals surface area (Å²) in [6, 6.07) is 13.1. The number of carbonyl (C=O) groups excluding carboxylic acids is 1. The van der Waals surface area contributed by atoms with Gasteiger partial charge in [-0.15, -0.1) is 0 Å². The Bertz CT molecular complexity index is 2060. The van der Waals surface area contributed by atoms with Crippen LogP contribution in [-0.2, 0) is 11.3 Å². The number of amides is 1. The SMILES string of the molecule is O=C(O)c1cc(F)c(-c2cccc3c2OCN(C(=O)c2c(Cl)cc(-c4cncc5ccoc45)cc2Cl)C3)cc1N1C2CCC1COC2. The van der Waals surface area contributed by atoms with Crippen LogP contribution in [0.5, 0.6) is 5.75 Å². The van der Waals surface area contributed by atoms with Crippen molar-refractivity contribution >= 4 is 51.7 Å². The number of anilines is 1. The molecular weight excluding hydrogens is 648 g/mol. The average Bonchev–Trinajstić information content (AvgIpc) is 3.64. The molecule has 1 amide bonds. The second-order valence-electron chi connectivity index (χ2n) is 11.9. The third kappa shape index (κ3) is 4.99. The summed E-state index contributed by atoms with van der Waals surface area (Å²) >= 11 is 13.3. The Morgan fingerprint density at radius 3 is 2.47 bits per heavy atom. The number of halogens is 3. The topological polar surface area (TPSA) is 105 Å². The molecule has 3 aliphatic rings. The highest BCUT2D eigenvalue weighted by atomic mass is 35.5. The molecule has 0 radical (unpaired) electrons. The van der Waals surface area contributed by atoms with Crippen LogP contribution < -0.4 is 9.64 Å². The van der Waals surface area contributed by atoms with E-state index in [9.17, 15) is 14.7 Å². The minimum Gasteiger partial charge on any atom is -0.478 e. The zero-order valence-electron chi connectivity index (χ0n) is 24.7. The quantitative estimate of drug-likeness (QED) is 0.203. The van der Waals surface area contributed by atoms with Gasteiger partial charge >= 0.3 is 5.97 Å². The van der Waals surface area contributed by atoms with Crippen LogP contribution in [0, 0.1) is 5.82 Å². The van der Waals surface area contributed by atoms with Crippen molar-refractivity contribution in [2.45, 2.75) is 31.5 Å². The summed E-state index contributed by atoms with van der Waals surface area (Å²) in [6.45, 7) is 0.998. The summed E-state index contributed by atoms with van der Waals surface area (Å²) in [5.41, 5.74) is 3.78. The first-order valence-electron chi connectivity index (χ1n) is 15.1. The van der Waals surface area contributed by atoms with Crippen LogP contribution in [-0.4, -0.2) is 58.9 Å². The maximum absolute atomic E-state index is 15.7. The number of benzene rings is 3. The number of carbonyl (C=O) groups is 2. The number of hydrogen-bond acceptors (Lipinski definition) is 7. The summed E-state index contributed by atoms with van der Waals surface area (Å²) in [4.78, 5) is 33.8. The molecule has 0 aliphatic carbocycles. The fraction of sp³-hybridized carbons (Fsp3) is 0.229. The summed E-state index contributed by atoms with van der Waals surface area (Å²) in [6.07, 6.45) is 6.66. The molecule has 2 atom stereocenters. The Morgan fingerprint density at radius 2 is 1.72 bits per heavy atom. The standard InChI is InChI=1S/C35H26Cl2FN3O6/c36-27-8-20(26-13-39-12-18-6-7-46-32(18)26)9-28(37)31(27)34(42)40-14-19-2-1-3-23(33(19)47-17-40)24-11-30(25(35(43)44)10-29(24)38)41-21-4-5-22(41)16-45-15-21/h1-3,6-13,21-22H,4-5,14-17H2,(H,43,44).